The predicted octanol–water partition coefficient (Wildman–Crippen LogP) is 2.29. The third kappa shape index (κ3) is 5.71. The quantitative estimate of drug-likeness (QED) is 0.727. The van der Waals surface area contributed by atoms with Crippen molar-refractivity contribution >= 4 is 23.5 Å². The lowest BCUT2D eigenvalue weighted by atomic mass is 9.97. The average Bonchev–Trinajstić information content (AvgIpc) is 2.81. The number of anilines is 1. The summed E-state index contributed by atoms with van der Waals surface area (Å²) >= 11 is 1.62. The van der Waals surface area contributed by atoms with Crippen LogP contribution >= 0.6 is 11.8 Å². The van der Waals surface area contributed by atoms with Crippen molar-refractivity contribution in [3.63, 3.8) is 0 Å². The number of carbonyl (C=O) groups is 1. The highest BCUT2D eigenvalue weighted by Gasteiger charge is 2.28. The Labute approximate surface area is 182 Å². The number of hydrogen-bond donors (Lipinski definition) is 1. The Morgan fingerprint density at radius 1 is 1.13 bits per heavy atom. The van der Waals surface area contributed by atoms with Crippen molar-refractivity contribution in [2.24, 2.45) is 5.92 Å². The number of aromatic nitrogens is 2. The number of nitrogens with one attached hydrogen (secondary N) is 1. The van der Waals surface area contributed by atoms with E-state index in [2.05, 4.69) is 37.2 Å². The van der Waals surface area contributed by atoms with Gasteiger partial charge in [0.25, 0.3) is 0 Å². The van der Waals surface area contributed by atoms with E-state index in [0.29, 0.717) is 13.1 Å². The smallest absolute Gasteiger partial charge is 0.224 e. The first kappa shape index (κ1) is 21.1. The van der Waals surface area contributed by atoms with Crippen LogP contribution in [0.3, 0.4) is 0 Å². The lowest BCUT2D eigenvalue weighted by Crippen LogP contribution is -2.46. The lowest BCUT2D eigenvalue weighted by molar-refractivity contribution is -0.125. The van der Waals surface area contributed by atoms with Crippen molar-refractivity contribution in [2.45, 2.75) is 22.8 Å². The summed E-state index contributed by atoms with van der Waals surface area (Å²) in [5, 5.41) is 4.02. The molecule has 0 spiro atoms. The Bertz CT molecular complexity index is 816. The van der Waals surface area contributed by atoms with Gasteiger partial charge in [0.2, 0.25) is 5.91 Å². The first-order valence-corrected chi connectivity index (χ1v) is 11.5. The van der Waals surface area contributed by atoms with E-state index in [0.717, 1.165) is 68.0 Å². The van der Waals surface area contributed by atoms with Gasteiger partial charge in [0.15, 0.2) is 5.82 Å². The minimum atomic E-state index is -0.0139. The standard InChI is InChI=1S/C22H29N5O2S/c28-21(24-10-12-26-13-15-29-16-14-26)18-5-4-11-27(17-18)20-22(25-9-8-23-20)30-19-6-2-1-3-7-19/h1-3,6-9,18H,4-5,10-17H2,(H,24,28). The van der Waals surface area contributed by atoms with Crippen LogP contribution in [0.5, 0.6) is 0 Å². The van der Waals surface area contributed by atoms with Crippen molar-refractivity contribution in [1.82, 2.24) is 20.2 Å². The second-order valence-corrected chi connectivity index (χ2v) is 8.69. The predicted molar refractivity (Wildman–Crippen MR) is 118 cm³/mol. The summed E-state index contributed by atoms with van der Waals surface area (Å²) in [6.07, 6.45) is 5.36. The number of hydrogen-bond acceptors (Lipinski definition) is 7. The third-order valence-corrected chi connectivity index (χ3v) is 6.52. The minimum Gasteiger partial charge on any atom is -0.379 e. The Morgan fingerprint density at radius 2 is 1.93 bits per heavy atom. The van der Waals surface area contributed by atoms with Gasteiger partial charge in [-0.2, -0.15) is 0 Å². The molecule has 1 unspecified atom stereocenters. The molecule has 2 aromatic rings. The van der Waals surface area contributed by atoms with Crippen LogP contribution in [0.25, 0.3) is 0 Å². The molecular weight excluding hydrogens is 398 g/mol. The van der Waals surface area contributed by atoms with Crippen LogP contribution in [0.4, 0.5) is 5.82 Å². The zero-order valence-corrected chi connectivity index (χ0v) is 18.0. The average molecular weight is 428 g/mol. The van der Waals surface area contributed by atoms with Crippen LogP contribution < -0.4 is 10.2 Å². The highest BCUT2D eigenvalue weighted by Crippen LogP contribution is 2.33. The van der Waals surface area contributed by atoms with Gasteiger partial charge in [0, 0.05) is 56.6 Å². The van der Waals surface area contributed by atoms with Gasteiger partial charge in [-0.1, -0.05) is 30.0 Å². The van der Waals surface area contributed by atoms with Crippen molar-refractivity contribution in [3.8, 4) is 0 Å². The van der Waals surface area contributed by atoms with Gasteiger partial charge in [-0.25, -0.2) is 9.97 Å². The monoisotopic (exact) mass is 427 g/mol. The molecule has 0 bridgehead atoms. The van der Waals surface area contributed by atoms with Crippen molar-refractivity contribution in [1.29, 1.82) is 0 Å². The van der Waals surface area contributed by atoms with Crippen LogP contribution in [0.2, 0.25) is 0 Å². The number of ether oxygens (including phenoxy) is 1. The number of nitrogens with zero attached hydrogens (tertiary/aromatic N) is 4. The number of morpholine rings is 1. The van der Waals surface area contributed by atoms with Crippen LogP contribution in [0.1, 0.15) is 12.8 Å². The molecule has 0 radical (unpaired) electrons. The summed E-state index contributed by atoms with van der Waals surface area (Å²) in [6, 6.07) is 10.2. The van der Waals surface area contributed by atoms with Crippen LogP contribution in [0.15, 0.2) is 52.6 Å². The lowest BCUT2D eigenvalue weighted by Gasteiger charge is -2.33. The van der Waals surface area contributed by atoms with E-state index in [1.165, 1.54) is 0 Å². The molecule has 2 aliphatic rings. The molecule has 7 nitrogen and oxygen atoms in total. The van der Waals surface area contributed by atoms with Crippen molar-refractivity contribution < 1.29 is 9.53 Å². The molecule has 8 heteroatoms. The Balaban J connectivity index is 1.34. The molecule has 160 valence electrons. The zero-order valence-electron chi connectivity index (χ0n) is 17.2. The van der Waals surface area contributed by atoms with E-state index < -0.39 is 0 Å². The Hall–Kier alpha value is -2.16. The maximum Gasteiger partial charge on any atom is 0.224 e. The number of piperidine rings is 1. The largest absolute Gasteiger partial charge is 0.379 e. The maximum absolute atomic E-state index is 12.8. The van der Waals surface area contributed by atoms with Gasteiger partial charge in [0.05, 0.1) is 19.1 Å². The summed E-state index contributed by atoms with van der Waals surface area (Å²) in [5.74, 6) is 1.01. The molecule has 1 aromatic heterocycles. The van der Waals surface area contributed by atoms with Gasteiger partial charge in [-0.15, -0.1) is 0 Å². The molecule has 0 saturated carbocycles. The van der Waals surface area contributed by atoms with E-state index in [-0.39, 0.29) is 11.8 Å². The number of carbonyl (C=O) groups excluding carboxylic acids is 1. The molecule has 1 aromatic carbocycles. The molecule has 0 aliphatic carbocycles. The molecule has 1 N–H and O–H groups in total. The van der Waals surface area contributed by atoms with E-state index in [1.54, 1.807) is 24.2 Å². The SMILES string of the molecule is O=C(NCCN1CCOCC1)C1CCCN(c2nccnc2Sc2ccccc2)C1. The second-order valence-electron chi connectivity index (χ2n) is 7.63. The van der Waals surface area contributed by atoms with Gasteiger partial charge in [0.1, 0.15) is 5.03 Å². The molecule has 3 heterocycles. The summed E-state index contributed by atoms with van der Waals surface area (Å²) in [6.45, 7) is 6.62. The van der Waals surface area contributed by atoms with Gasteiger partial charge in [-0.05, 0) is 25.0 Å². The zero-order chi connectivity index (χ0) is 20.6. The highest BCUT2D eigenvalue weighted by atomic mass is 32.2. The van der Waals surface area contributed by atoms with Gasteiger partial charge in [-0.3, -0.25) is 9.69 Å². The van der Waals surface area contributed by atoms with Crippen LogP contribution in [0, 0.1) is 5.92 Å². The summed E-state index contributed by atoms with van der Waals surface area (Å²) in [7, 11) is 0. The molecule has 2 fully saturated rings. The molecule has 4 rings (SSSR count). The highest BCUT2D eigenvalue weighted by molar-refractivity contribution is 7.99. The normalized spacial score (nSPS) is 20.1. The number of amides is 1. The Kier molecular flexibility index (Phi) is 7.55. The fourth-order valence-corrected chi connectivity index (χ4v) is 4.80. The number of rotatable bonds is 7. The van der Waals surface area contributed by atoms with E-state index in [9.17, 15) is 4.79 Å². The summed E-state index contributed by atoms with van der Waals surface area (Å²) < 4.78 is 5.38. The van der Waals surface area contributed by atoms with E-state index in [4.69, 9.17) is 4.74 Å². The fourth-order valence-electron chi connectivity index (χ4n) is 3.90. The minimum absolute atomic E-state index is 0.0139. The fraction of sp³-hybridized carbons (Fsp3) is 0.500. The molecule has 30 heavy (non-hydrogen) atoms. The van der Waals surface area contributed by atoms with E-state index >= 15 is 0 Å². The summed E-state index contributed by atoms with van der Waals surface area (Å²) in [4.78, 5) is 27.6. The molecule has 1 atom stereocenters. The third-order valence-electron chi connectivity index (χ3n) is 5.53. The number of benzene rings is 1. The van der Waals surface area contributed by atoms with E-state index in [1.807, 2.05) is 18.2 Å². The van der Waals surface area contributed by atoms with Crippen LogP contribution in [-0.2, 0) is 9.53 Å². The first-order chi connectivity index (χ1) is 14.8. The Morgan fingerprint density at radius 3 is 2.77 bits per heavy atom. The molecule has 1 amide bonds. The maximum atomic E-state index is 12.8. The second kappa shape index (κ2) is 10.7. The summed E-state index contributed by atoms with van der Waals surface area (Å²) in [5.41, 5.74) is 0. The molecular formula is C22H29N5O2S. The van der Waals surface area contributed by atoms with Crippen molar-refractivity contribution in [2.75, 3.05) is 57.4 Å². The topological polar surface area (TPSA) is 70.6 Å². The first-order valence-electron chi connectivity index (χ1n) is 10.7. The molecule has 2 saturated heterocycles. The van der Waals surface area contributed by atoms with Crippen LogP contribution in [-0.4, -0.2) is 73.3 Å². The van der Waals surface area contributed by atoms with Crippen molar-refractivity contribution in [3.05, 3.63) is 42.7 Å². The van der Waals surface area contributed by atoms with Gasteiger partial charge < -0.3 is 15.0 Å². The van der Waals surface area contributed by atoms with Gasteiger partial charge >= 0.3 is 0 Å². The molecule has 2 aliphatic heterocycles.